The smallest absolute Gasteiger partial charge is 0.317 e. The molecule has 0 fully saturated rings. The van der Waals surface area contributed by atoms with Crippen molar-refractivity contribution in [2.45, 2.75) is 6.54 Å². The first-order valence-corrected chi connectivity index (χ1v) is 5.50. The van der Waals surface area contributed by atoms with Crippen LogP contribution in [-0.2, 0) is 11.3 Å². The summed E-state index contributed by atoms with van der Waals surface area (Å²) in [5.41, 5.74) is 1.39. The number of benzene rings is 1. The molecule has 0 spiro atoms. The topological polar surface area (TPSA) is 53.4 Å². The van der Waals surface area contributed by atoms with Gasteiger partial charge in [-0.15, -0.1) is 0 Å². The lowest BCUT2D eigenvalue weighted by Crippen LogP contribution is -2.25. The van der Waals surface area contributed by atoms with Gasteiger partial charge in [0.2, 0.25) is 0 Å². The van der Waals surface area contributed by atoms with Crippen LogP contribution in [0, 0.1) is 5.82 Å². The van der Waals surface area contributed by atoms with Crippen molar-refractivity contribution in [3.63, 3.8) is 0 Å². The number of carboxylic acid groups (broad SMARTS) is 1. The first kappa shape index (κ1) is 12.4. The molecule has 1 heterocycles. The van der Waals surface area contributed by atoms with Gasteiger partial charge in [0.05, 0.1) is 12.1 Å². The van der Waals surface area contributed by atoms with Gasteiger partial charge in [0, 0.05) is 18.1 Å². The minimum Gasteiger partial charge on any atom is -0.480 e. The number of likely N-dealkylation sites (N-methyl/N-ethyl adjacent to an activating group) is 1. The van der Waals surface area contributed by atoms with Crippen molar-refractivity contribution >= 4 is 16.9 Å². The van der Waals surface area contributed by atoms with E-state index in [0.717, 1.165) is 5.39 Å². The molecule has 0 bridgehead atoms. The lowest BCUT2D eigenvalue weighted by molar-refractivity contribution is -0.138. The highest BCUT2D eigenvalue weighted by atomic mass is 19.1. The fourth-order valence-corrected chi connectivity index (χ4v) is 1.93. The number of aromatic nitrogens is 1. The van der Waals surface area contributed by atoms with Gasteiger partial charge >= 0.3 is 5.97 Å². The Hall–Kier alpha value is -2.01. The number of nitrogens with zero attached hydrogens (tertiary/aromatic N) is 2. The van der Waals surface area contributed by atoms with Gasteiger partial charge in [0.25, 0.3) is 0 Å². The van der Waals surface area contributed by atoms with E-state index in [9.17, 15) is 9.18 Å². The Morgan fingerprint density at radius 3 is 3.00 bits per heavy atom. The van der Waals surface area contributed by atoms with Crippen LogP contribution in [0.4, 0.5) is 4.39 Å². The van der Waals surface area contributed by atoms with Gasteiger partial charge in [-0.1, -0.05) is 6.07 Å². The Kier molecular flexibility index (Phi) is 3.53. The van der Waals surface area contributed by atoms with Crippen molar-refractivity contribution in [3.8, 4) is 0 Å². The quantitative estimate of drug-likeness (QED) is 0.897. The molecule has 1 aromatic carbocycles. The van der Waals surface area contributed by atoms with Crippen LogP contribution in [0.3, 0.4) is 0 Å². The molecule has 5 heteroatoms. The minimum absolute atomic E-state index is 0.0924. The van der Waals surface area contributed by atoms with Crippen LogP contribution in [0.25, 0.3) is 10.9 Å². The number of pyridine rings is 1. The zero-order valence-corrected chi connectivity index (χ0v) is 9.93. The van der Waals surface area contributed by atoms with Crippen LogP contribution in [0.2, 0.25) is 0 Å². The molecule has 0 unspecified atom stereocenters. The van der Waals surface area contributed by atoms with Gasteiger partial charge in [0.1, 0.15) is 5.82 Å². The average molecular weight is 248 g/mol. The predicted molar refractivity (Wildman–Crippen MR) is 65.7 cm³/mol. The summed E-state index contributed by atoms with van der Waals surface area (Å²) >= 11 is 0. The summed E-state index contributed by atoms with van der Waals surface area (Å²) in [5.74, 6) is -1.25. The molecular formula is C13H13FN2O2. The number of hydrogen-bond acceptors (Lipinski definition) is 3. The third-order valence-corrected chi connectivity index (χ3v) is 2.59. The van der Waals surface area contributed by atoms with Gasteiger partial charge in [-0.2, -0.15) is 0 Å². The maximum atomic E-state index is 13.4. The molecule has 0 atom stereocenters. The fourth-order valence-electron chi connectivity index (χ4n) is 1.93. The number of aliphatic carboxylic acids is 1. The van der Waals surface area contributed by atoms with Crippen molar-refractivity contribution in [1.82, 2.24) is 9.88 Å². The van der Waals surface area contributed by atoms with Crippen LogP contribution < -0.4 is 0 Å². The van der Waals surface area contributed by atoms with E-state index in [1.807, 2.05) is 0 Å². The van der Waals surface area contributed by atoms with E-state index in [1.54, 1.807) is 30.3 Å². The van der Waals surface area contributed by atoms with Gasteiger partial charge in [-0.3, -0.25) is 14.7 Å². The molecule has 0 aliphatic rings. The molecule has 0 saturated heterocycles. The first-order valence-electron chi connectivity index (χ1n) is 5.50. The zero-order chi connectivity index (χ0) is 13.1. The highest BCUT2D eigenvalue weighted by Gasteiger charge is 2.10. The van der Waals surface area contributed by atoms with Crippen molar-refractivity contribution in [3.05, 3.63) is 41.8 Å². The van der Waals surface area contributed by atoms with Crippen molar-refractivity contribution in [2.75, 3.05) is 13.6 Å². The number of rotatable bonds is 4. The Morgan fingerprint density at radius 1 is 1.50 bits per heavy atom. The molecule has 2 aromatic rings. The molecule has 18 heavy (non-hydrogen) atoms. The van der Waals surface area contributed by atoms with Gasteiger partial charge < -0.3 is 5.11 Å². The second-order valence-electron chi connectivity index (χ2n) is 4.21. The van der Waals surface area contributed by atoms with E-state index in [1.165, 1.54) is 12.1 Å². The van der Waals surface area contributed by atoms with Gasteiger partial charge in [0.15, 0.2) is 0 Å². The van der Waals surface area contributed by atoms with Crippen LogP contribution in [0.5, 0.6) is 0 Å². The standard InChI is InChI=1S/C13H13FN2O2/c1-16(8-12(17)18)7-10-6-11(14)5-9-3-2-4-15-13(9)10/h2-6H,7-8H2,1H3,(H,17,18). The summed E-state index contributed by atoms with van der Waals surface area (Å²) in [6.45, 7) is 0.252. The summed E-state index contributed by atoms with van der Waals surface area (Å²) in [4.78, 5) is 16.4. The molecule has 1 aromatic heterocycles. The number of hydrogen-bond donors (Lipinski definition) is 1. The fraction of sp³-hybridized carbons (Fsp3) is 0.231. The van der Waals surface area contributed by atoms with Crippen LogP contribution in [0.15, 0.2) is 30.5 Å². The maximum absolute atomic E-state index is 13.4. The first-order chi connectivity index (χ1) is 8.56. The summed E-state index contributed by atoms with van der Waals surface area (Å²) in [7, 11) is 1.67. The van der Waals surface area contributed by atoms with Gasteiger partial charge in [-0.25, -0.2) is 4.39 Å². The van der Waals surface area contributed by atoms with Crippen LogP contribution in [0.1, 0.15) is 5.56 Å². The molecule has 0 aliphatic carbocycles. The molecular weight excluding hydrogens is 235 g/mol. The molecule has 2 rings (SSSR count). The summed E-state index contributed by atoms with van der Waals surface area (Å²) < 4.78 is 13.4. The maximum Gasteiger partial charge on any atom is 0.317 e. The average Bonchev–Trinajstić information content (AvgIpc) is 2.27. The van der Waals surface area contributed by atoms with Crippen molar-refractivity contribution in [2.24, 2.45) is 0 Å². The second-order valence-corrected chi connectivity index (χ2v) is 4.21. The molecule has 0 radical (unpaired) electrons. The van der Waals surface area contributed by atoms with Crippen LogP contribution >= 0.6 is 0 Å². The zero-order valence-electron chi connectivity index (χ0n) is 9.93. The molecule has 4 nitrogen and oxygen atoms in total. The minimum atomic E-state index is -0.911. The predicted octanol–water partition coefficient (Wildman–Crippen LogP) is 1.89. The van der Waals surface area contributed by atoms with E-state index >= 15 is 0 Å². The largest absolute Gasteiger partial charge is 0.480 e. The van der Waals surface area contributed by atoms with Crippen molar-refractivity contribution in [1.29, 1.82) is 0 Å². The Balaban J connectivity index is 2.35. The van der Waals surface area contributed by atoms with E-state index in [-0.39, 0.29) is 12.4 Å². The molecule has 0 saturated carbocycles. The molecule has 1 N–H and O–H groups in total. The van der Waals surface area contributed by atoms with E-state index in [0.29, 0.717) is 17.6 Å². The van der Waals surface area contributed by atoms with E-state index in [2.05, 4.69) is 4.98 Å². The normalized spacial score (nSPS) is 11.1. The molecule has 0 aliphatic heterocycles. The summed E-state index contributed by atoms with van der Waals surface area (Å²) in [6, 6.07) is 6.34. The SMILES string of the molecule is CN(CC(=O)O)Cc1cc(F)cc2cccnc12. The highest BCUT2D eigenvalue weighted by molar-refractivity contribution is 5.81. The molecule has 94 valence electrons. The lowest BCUT2D eigenvalue weighted by Gasteiger charge is -2.15. The van der Waals surface area contributed by atoms with Crippen molar-refractivity contribution < 1.29 is 14.3 Å². The number of halogens is 1. The Bertz CT molecular complexity index is 586. The summed E-state index contributed by atoms with van der Waals surface area (Å²) in [6.07, 6.45) is 1.64. The van der Waals surface area contributed by atoms with E-state index < -0.39 is 5.97 Å². The highest BCUT2D eigenvalue weighted by Crippen LogP contribution is 2.19. The van der Waals surface area contributed by atoms with E-state index in [4.69, 9.17) is 5.11 Å². The number of carboxylic acids is 1. The Labute approximate surface area is 104 Å². The Morgan fingerprint density at radius 2 is 2.28 bits per heavy atom. The number of fused-ring (bicyclic) bond motifs is 1. The second kappa shape index (κ2) is 5.10. The number of carbonyl (C=O) groups is 1. The third-order valence-electron chi connectivity index (χ3n) is 2.59. The molecule has 0 amide bonds. The monoisotopic (exact) mass is 248 g/mol. The summed E-state index contributed by atoms with van der Waals surface area (Å²) in [5, 5.41) is 9.42. The van der Waals surface area contributed by atoms with Gasteiger partial charge in [-0.05, 0) is 30.8 Å². The third kappa shape index (κ3) is 2.81. The van der Waals surface area contributed by atoms with Crippen LogP contribution in [-0.4, -0.2) is 34.6 Å². The lowest BCUT2D eigenvalue weighted by atomic mass is 10.1.